The average Bonchev–Trinajstić information content (AvgIpc) is 3.47. The quantitative estimate of drug-likeness (QED) is 0.583. The topological polar surface area (TPSA) is 15.3 Å². The molecule has 0 heterocycles. The first-order chi connectivity index (χ1) is 12.2. The van der Waals surface area contributed by atoms with Crippen LogP contribution in [0.2, 0.25) is 0 Å². The van der Waals surface area contributed by atoms with E-state index in [0.717, 1.165) is 29.1 Å². The minimum Gasteiger partial charge on any atom is -0.358 e. The van der Waals surface area contributed by atoms with Crippen molar-refractivity contribution >= 4 is 33.3 Å². The SMILES string of the molecule is CCCN(C(=S)NCc1ccccc1)C(c1ccc(Br)cc1)C1CC1. The van der Waals surface area contributed by atoms with Gasteiger partial charge in [0.1, 0.15) is 0 Å². The second kappa shape index (κ2) is 8.81. The standard InChI is InChI=1S/C21H25BrN2S/c1-2-14-24(21(25)23-15-16-6-4-3-5-7-16)20(17-8-9-17)18-10-12-19(22)13-11-18/h3-7,10-13,17,20H,2,8-9,14-15H2,1H3,(H,23,25). The molecule has 2 aromatic rings. The van der Waals surface area contributed by atoms with Gasteiger partial charge in [0.15, 0.2) is 5.11 Å². The van der Waals surface area contributed by atoms with Gasteiger partial charge >= 0.3 is 0 Å². The molecular formula is C21H25BrN2S. The van der Waals surface area contributed by atoms with Crippen LogP contribution in [0, 0.1) is 5.92 Å². The fourth-order valence-corrected chi connectivity index (χ4v) is 3.80. The van der Waals surface area contributed by atoms with Crippen molar-refractivity contribution in [3.63, 3.8) is 0 Å². The Bertz CT molecular complexity index is 683. The molecule has 1 N–H and O–H groups in total. The molecule has 25 heavy (non-hydrogen) atoms. The highest BCUT2D eigenvalue weighted by molar-refractivity contribution is 9.10. The monoisotopic (exact) mass is 416 g/mol. The van der Waals surface area contributed by atoms with Gasteiger partial charge in [-0.2, -0.15) is 0 Å². The number of thiocarbonyl (C=S) groups is 1. The molecule has 1 saturated carbocycles. The second-order valence-corrected chi connectivity index (χ2v) is 7.97. The van der Waals surface area contributed by atoms with Gasteiger partial charge in [0, 0.05) is 17.6 Å². The number of nitrogens with one attached hydrogen (secondary N) is 1. The smallest absolute Gasteiger partial charge is 0.169 e. The Morgan fingerprint density at radius 1 is 1.16 bits per heavy atom. The fourth-order valence-electron chi connectivity index (χ4n) is 3.26. The first-order valence-corrected chi connectivity index (χ1v) is 10.2. The molecule has 1 atom stereocenters. The van der Waals surface area contributed by atoms with E-state index in [9.17, 15) is 0 Å². The Labute approximate surface area is 164 Å². The van der Waals surface area contributed by atoms with E-state index >= 15 is 0 Å². The molecule has 0 aromatic heterocycles. The molecule has 1 unspecified atom stereocenters. The summed E-state index contributed by atoms with van der Waals surface area (Å²) in [5.41, 5.74) is 2.62. The summed E-state index contributed by atoms with van der Waals surface area (Å²) >= 11 is 9.34. The van der Waals surface area contributed by atoms with Gasteiger partial charge < -0.3 is 10.2 Å². The van der Waals surface area contributed by atoms with Crippen molar-refractivity contribution in [1.82, 2.24) is 10.2 Å². The fraction of sp³-hybridized carbons (Fsp3) is 0.381. The summed E-state index contributed by atoms with van der Waals surface area (Å²) in [5.74, 6) is 0.712. The maximum Gasteiger partial charge on any atom is 0.169 e. The van der Waals surface area contributed by atoms with Crippen molar-refractivity contribution < 1.29 is 0 Å². The number of nitrogens with zero attached hydrogens (tertiary/aromatic N) is 1. The van der Waals surface area contributed by atoms with E-state index in [1.807, 2.05) is 6.07 Å². The molecule has 4 heteroatoms. The maximum absolute atomic E-state index is 5.79. The van der Waals surface area contributed by atoms with Gasteiger partial charge in [-0.3, -0.25) is 0 Å². The molecule has 2 aromatic carbocycles. The minimum atomic E-state index is 0.379. The predicted molar refractivity (Wildman–Crippen MR) is 112 cm³/mol. The van der Waals surface area contributed by atoms with Gasteiger partial charge in [-0.25, -0.2) is 0 Å². The van der Waals surface area contributed by atoms with Gasteiger partial charge in [-0.05, 0) is 60.7 Å². The number of hydrogen-bond acceptors (Lipinski definition) is 1. The highest BCUT2D eigenvalue weighted by atomic mass is 79.9. The summed E-state index contributed by atoms with van der Waals surface area (Å²) in [4.78, 5) is 2.40. The van der Waals surface area contributed by atoms with E-state index in [1.54, 1.807) is 0 Å². The van der Waals surface area contributed by atoms with Crippen molar-refractivity contribution in [2.75, 3.05) is 6.54 Å². The number of halogens is 1. The number of benzene rings is 2. The molecule has 1 aliphatic rings. The Balaban J connectivity index is 1.75. The zero-order valence-corrected chi connectivity index (χ0v) is 17.0. The largest absolute Gasteiger partial charge is 0.358 e. The number of rotatable bonds is 7. The van der Waals surface area contributed by atoms with Crippen molar-refractivity contribution in [2.45, 2.75) is 38.8 Å². The summed E-state index contributed by atoms with van der Waals surface area (Å²) < 4.78 is 1.12. The predicted octanol–water partition coefficient (Wildman–Crippen LogP) is 5.69. The molecule has 0 spiro atoms. The average molecular weight is 417 g/mol. The van der Waals surface area contributed by atoms with Crippen molar-refractivity contribution in [2.24, 2.45) is 5.92 Å². The highest BCUT2D eigenvalue weighted by Crippen LogP contribution is 2.44. The molecule has 0 amide bonds. The van der Waals surface area contributed by atoms with Gasteiger partial charge in [0.25, 0.3) is 0 Å². The van der Waals surface area contributed by atoms with Crippen LogP contribution >= 0.6 is 28.1 Å². The lowest BCUT2D eigenvalue weighted by molar-refractivity contribution is 0.282. The first-order valence-electron chi connectivity index (χ1n) is 9.03. The van der Waals surface area contributed by atoms with Crippen molar-refractivity contribution in [1.29, 1.82) is 0 Å². The van der Waals surface area contributed by atoms with Gasteiger partial charge in [-0.15, -0.1) is 0 Å². The number of hydrogen-bond donors (Lipinski definition) is 1. The van der Waals surface area contributed by atoms with Crippen LogP contribution in [0.4, 0.5) is 0 Å². The summed E-state index contributed by atoms with van der Waals surface area (Å²) in [6.07, 6.45) is 3.68. The lowest BCUT2D eigenvalue weighted by Crippen LogP contribution is -2.43. The van der Waals surface area contributed by atoms with Crippen molar-refractivity contribution in [3.8, 4) is 0 Å². The van der Waals surface area contributed by atoms with Crippen LogP contribution in [0.15, 0.2) is 59.1 Å². The third-order valence-electron chi connectivity index (χ3n) is 4.63. The lowest BCUT2D eigenvalue weighted by atomic mass is 10.0. The summed E-state index contributed by atoms with van der Waals surface area (Å²) in [7, 11) is 0. The third-order valence-corrected chi connectivity index (χ3v) is 5.54. The van der Waals surface area contributed by atoms with Crippen LogP contribution in [-0.4, -0.2) is 16.6 Å². The molecule has 0 aliphatic heterocycles. The van der Waals surface area contributed by atoms with Crippen LogP contribution in [0.5, 0.6) is 0 Å². The van der Waals surface area contributed by atoms with Crippen molar-refractivity contribution in [3.05, 3.63) is 70.2 Å². The summed E-state index contributed by atoms with van der Waals surface area (Å²) in [6.45, 7) is 3.98. The molecule has 0 saturated heterocycles. The van der Waals surface area contributed by atoms with Gasteiger partial charge in [-0.1, -0.05) is 65.3 Å². The van der Waals surface area contributed by atoms with Crippen LogP contribution in [-0.2, 0) is 6.54 Å². The Kier molecular flexibility index (Phi) is 6.49. The maximum atomic E-state index is 5.79. The van der Waals surface area contributed by atoms with Crippen LogP contribution in [0.25, 0.3) is 0 Å². The van der Waals surface area contributed by atoms with E-state index in [4.69, 9.17) is 12.2 Å². The molecule has 0 radical (unpaired) electrons. The molecular weight excluding hydrogens is 392 g/mol. The van der Waals surface area contributed by atoms with E-state index in [2.05, 4.69) is 81.6 Å². The van der Waals surface area contributed by atoms with E-state index in [-0.39, 0.29) is 0 Å². The Hall–Kier alpha value is -1.39. The second-order valence-electron chi connectivity index (χ2n) is 6.67. The van der Waals surface area contributed by atoms with Gasteiger partial charge in [0.05, 0.1) is 6.04 Å². The summed E-state index contributed by atoms with van der Waals surface area (Å²) in [5, 5.41) is 4.34. The van der Waals surface area contributed by atoms with E-state index < -0.39 is 0 Å². The first kappa shape index (κ1) is 18.4. The van der Waals surface area contributed by atoms with Crippen LogP contribution < -0.4 is 5.32 Å². The van der Waals surface area contributed by atoms with E-state index in [1.165, 1.54) is 24.0 Å². The molecule has 132 valence electrons. The molecule has 0 bridgehead atoms. The Morgan fingerprint density at radius 3 is 2.44 bits per heavy atom. The van der Waals surface area contributed by atoms with Gasteiger partial charge in [0.2, 0.25) is 0 Å². The minimum absolute atomic E-state index is 0.379. The molecule has 1 aliphatic carbocycles. The molecule has 3 rings (SSSR count). The van der Waals surface area contributed by atoms with Crippen LogP contribution in [0.1, 0.15) is 43.4 Å². The zero-order chi connectivity index (χ0) is 17.6. The third kappa shape index (κ3) is 5.05. The highest BCUT2D eigenvalue weighted by Gasteiger charge is 2.37. The molecule has 1 fully saturated rings. The Morgan fingerprint density at radius 2 is 1.84 bits per heavy atom. The lowest BCUT2D eigenvalue weighted by Gasteiger charge is -2.34. The summed E-state index contributed by atoms with van der Waals surface area (Å²) in [6, 6.07) is 19.6. The zero-order valence-electron chi connectivity index (χ0n) is 14.6. The normalized spacial score (nSPS) is 14.8. The van der Waals surface area contributed by atoms with Crippen LogP contribution in [0.3, 0.4) is 0 Å². The van der Waals surface area contributed by atoms with E-state index in [0.29, 0.717) is 12.0 Å². The molecule has 2 nitrogen and oxygen atoms in total.